The first-order valence-corrected chi connectivity index (χ1v) is 13.3. The summed E-state index contributed by atoms with van der Waals surface area (Å²) in [6.45, 7) is 0.200. The Labute approximate surface area is 212 Å². The zero-order valence-corrected chi connectivity index (χ0v) is 20.9. The minimum atomic E-state index is -1.03. The molecular formula is C30H33N3O3. The molecule has 6 rings (SSSR count). The molecule has 3 amide bonds. The molecule has 2 saturated carbocycles. The van der Waals surface area contributed by atoms with Crippen molar-refractivity contribution in [3.63, 3.8) is 0 Å². The summed E-state index contributed by atoms with van der Waals surface area (Å²) < 4.78 is 5.66. The molecule has 0 bridgehead atoms. The van der Waals surface area contributed by atoms with E-state index in [1.54, 1.807) is 19.2 Å². The Hall–Kier alpha value is -3.17. The molecule has 1 atom stereocenters. The number of nitrogens with zero attached hydrogens (tertiary/aromatic N) is 2. The number of urea groups is 1. The second-order valence-electron chi connectivity index (χ2n) is 11.2. The average molecular weight is 484 g/mol. The van der Waals surface area contributed by atoms with Crippen molar-refractivity contribution in [2.75, 3.05) is 7.11 Å². The highest BCUT2D eigenvalue weighted by Crippen LogP contribution is 2.60. The molecule has 1 unspecified atom stereocenters. The van der Waals surface area contributed by atoms with Crippen LogP contribution >= 0.6 is 0 Å². The van der Waals surface area contributed by atoms with Gasteiger partial charge >= 0.3 is 6.03 Å². The van der Waals surface area contributed by atoms with Crippen LogP contribution in [0.15, 0.2) is 42.5 Å². The van der Waals surface area contributed by atoms with Gasteiger partial charge < -0.3 is 10.1 Å². The van der Waals surface area contributed by atoms with Crippen molar-refractivity contribution in [2.45, 2.75) is 76.0 Å². The number of carbonyl (C=O) groups excluding carboxylic acids is 2. The van der Waals surface area contributed by atoms with Gasteiger partial charge in [-0.1, -0.05) is 43.2 Å². The van der Waals surface area contributed by atoms with E-state index < -0.39 is 5.54 Å². The number of carbonyl (C=O) groups is 2. The zero-order valence-electron chi connectivity index (χ0n) is 20.9. The van der Waals surface area contributed by atoms with Gasteiger partial charge in [0.1, 0.15) is 0 Å². The van der Waals surface area contributed by atoms with Crippen LogP contribution < -0.4 is 5.32 Å². The maximum atomic E-state index is 14.4. The molecule has 4 aliphatic rings. The molecule has 1 heterocycles. The van der Waals surface area contributed by atoms with Crippen molar-refractivity contribution >= 4 is 11.9 Å². The molecule has 36 heavy (non-hydrogen) atoms. The molecule has 2 aromatic carbocycles. The van der Waals surface area contributed by atoms with Crippen LogP contribution in [-0.2, 0) is 34.5 Å². The molecule has 2 aromatic rings. The largest absolute Gasteiger partial charge is 0.381 e. The number of hydrogen-bond donors (Lipinski definition) is 1. The molecule has 2 spiro atoms. The van der Waals surface area contributed by atoms with Gasteiger partial charge in [-0.15, -0.1) is 0 Å². The Morgan fingerprint density at radius 1 is 1.06 bits per heavy atom. The SMILES string of the molecule is COC1CCC2(CC1)Cc1ccc(CCC3CC3)cc1C21NC(=O)N(Cc2ccc(C#N)cc2)C1=O. The second-order valence-corrected chi connectivity index (χ2v) is 11.2. The van der Waals surface area contributed by atoms with E-state index in [2.05, 4.69) is 29.6 Å². The number of aryl methyl sites for hydroxylation is 1. The quantitative estimate of drug-likeness (QED) is 0.588. The Bertz CT molecular complexity index is 1240. The van der Waals surface area contributed by atoms with E-state index in [0.717, 1.165) is 55.6 Å². The number of rotatable bonds is 6. The lowest BCUT2D eigenvalue weighted by Crippen LogP contribution is -2.56. The normalized spacial score (nSPS) is 29.0. The monoisotopic (exact) mass is 483 g/mol. The third-order valence-corrected chi connectivity index (χ3v) is 9.19. The molecule has 0 aromatic heterocycles. The van der Waals surface area contributed by atoms with Crippen molar-refractivity contribution in [2.24, 2.45) is 11.3 Å². The van der Waals surface area contributed by atoms with Gasteiger partial charge in [0.05, 0.1) is 24.3 Å². The molecule has 1 aliphatic heterocycles. The molecule has 186 valence electrons. The van der Waals surface area contributed by atoms with E-state index in [-0.39, 0.29) is 30.0 Å². The first-order valence-electron chi connectivity index (χ1n) is 13.3. The van der Waals surface area contributed by atoms with Crippen LogP contribution in [0.4, 0.5) is 4.79 Å². The summed E-state index contributed by atoms with van der Waals surface area (Å²) in [6, 6.07) is 15.6. The van der Waals surface area contributed by atoms with E-state index in [4.69, 9.17) is 10.00 Å². The van der Waals surface area contributed by atoms with Crippen LogP contribution in [0.1, 0.15) is 72.8 Å². The number of nitrogens with one attached hydrogen (secondary N) is 1. The highest BCUT2D eigenvalue weighted by atomic mass is 16.5. The fraction of sp³-hybridized carbons (Fsp3) is 0.500. The third-order valence-electron chi connectivity index (χ3n) is 9.19. The fourth-order valence-corrected chi connectivity index (χ4v) is 6.90. The zero-order chi connectivity index (χ0) is 24.9. The Morgan fingerprint density at radius 2 is 1.78 bits per heavy atom. The van der Waals surface area contributed by atoms with Gasteiger partial charge in [-0.05, 0) is 85.3 Å². The first-order chi connectivity index (χ1) is 17.5. The average Bonchev–Trinajstić information content (AvgIpc) is 3.66. The van der Waals surface area contributed by atoms with Gasteiger partial charge in [0.15, 0.2) is 5.54 Å². The van der Waals surface area contributed by atoms with Gasteiger partial charge in [0, 0.05) is 12.5 Å². The van der Waals surface area contributed by atoms with Gasteiger partial charge in [0.2, 0.25) is 0 Å². The number of ether oxygens (including phenoxy) is 1. The summed E-state index contributed by atoms with van der Waals surface area (Å²) in [5.41, 5.74) is 3.48. The van der Waals surface area contributed by atoms with Crippen LogP contribution in [0.25, 0.3) is 0 Å². The van der Waals surface area contributed by atoms with Crippen molar-refractivity contribution in [3.05, 3.63) is 70.3 Å². The van der Waals surface area contributed by atoms with Crippen molar-refractivity contribution in [1.29, 1.82) is 5.26 Å². The summed E-state index contributed by atoms with van der Waals surface area (Å²) in [5, 5.41) is 12.4. The summed E-state index contributed by atoms with van der Waals surface area (Å²) in [7, 11) is 1.76. The van der Waals surface area contributed by atoms with Crippen LogP contribution in [0.2, 0.25) is 0 Å². The lowest BCUT2D eigenvalue weighted by molar-refractivity contribution is -0.139. The summed E-state index contributed by atoms with van der Waals surface area (Å²) in [5.74, 6) is 0.712. The topological polar surface area (TPSA) is 82.4 Å². The van der Waals surface area contributed by atoms with Crippen LogP contribution in [0.3, 0.4) is 0 Å². The predicted molar refractivity (Wildman–Crippen MR) is 135 cm³/mol. The maximum absolute atomic E-state index is 14.4. The molecule has 6 nitrogen and oxygen atoms in total. The Balaban J connectivity index is 1.37. The van der Waals surface area contributed by atoms with Crippen LogP contribution in [-0.4, -0.2) is 30.1 Å². The third kappa shape index (κ3) is 3.64. The van der Waals surface area contributed by atoms with Gasteiger partial charge in [-0.25, -0.2) is 4.79 Å². The number of hydrogen-bond acceptors (Lipinski definition) is 4. The van der Waals surface area contributed by atoms with Crippen LogP contribution in [0.5, 0.6) is 0 Å². The predicted octanol–water partition coefficient (Wildman–Crippen LogP) is 4.98. The number of nitriles is 1. The molecule has 0 radical (unpaired) electrons. The van der Waals surface area contributed by atoms with Gasteiger partial charge in [-0.3, -0.25) is 9.69 Å². The number of benzene rings is 2. The van der Waals surface area contributed by atoms with E-state index in [1.807, 2.05) is 12.1 Å². The van der Waals surface area contributed by atoms with E-state index in [0.29, 0.717) is 5.56 Å². The Morgan fingerprint density at radius 3 is 2.44 bits per heavy atom. The molecule has 6 heteroatoms. The number of fused-ring (bicyclic) bond motifs is 3. The minimum Gasteiger partial charge on any atom is -0.381 e. The van der Waals surface area contributed by atoms with E-state index in [9.17, 15) is 9.59 Å². The van der Waals surface area contributed by atoms with E-state index in [1.165, 1.54) is 35.3 Å². The molecule has 3 aliphatic carbocycles. The Kier molecular flexibility index (Phi) is 5.64. The van der Waals surface area contributed by atoms with Crippen molar-refractivity contribution < 1.29 is 14.3 Å². The smallest absolute Gasteiger partial charge is 0.325 e. The number of methoxy groups -OCH3 is 1. The molecule has 1 N–H and O–H groups in total. The van der Waals surface area contributed by atoms with Crippen molar-refractivity contribution in [3.8, 4) is 6.07 Å². The van der Waals surface area contributed by atoms with Gasteiger partial charge in [-0.2, -0.15) is 5.26 Å². The van der Waals surface area contributed by atoms with Gasteiger partial charge in [0.25, 0.3) is 5.91 Å². The highest BCUT2D eigenvalue weighted by Gasteiger charge is 2.68. The fourth-order valence-electron chi connectivity index (χ4n) is 6.90. The second kappa shape index (κ2) is 8.74. The summed E-state index contributed by atoms with van der Waals surface area (Å²) in [6.07, 6.45) is 9.34. The standard InChI is InChI=1S/C30H33N3O3/c1-36-25-12-14-29(15-13-25)17-24-11-10-21(5-4-20-2-3-20)16-26(24)30(29)27(34)33(28(35)32-30)19-23-8-6-22(18-31)7-9-23/h6-11,16,20,25H,2-5,12-15,17,19H2,1H3,(H,32,35). The molecule has 3 fully saturated rings. The molecule has 1 saturated heterocycles. The summed E-state index contributed by atoms with van der Waals surface area (Å²) >= 11 is 0. The maximum Gasteiger partial charge on any atom is 0.325 e. The number of imide groups is 1. The lowest BCUT2D eigenvalue weighted by atomic mass is 9.61. The highest BCUT2D eigenvalue weighted by molar-refractivity contribution is 6.08. The lowest BCUT2D eigenvalue weighted by Gasteiger charge is -2.46. The number of amides is 3. The van der Waals surface area contributed by atoms with Crippen molar-refractivity contribution in [1.82, 2.24) is 10.2 Å². The first kappa shape index (κ1) is 23.2. The minimum absolute atomic E-state index is 0.134. The van der Waals surface area contributed by atoms with Crippen LogP contribution in [0, 0.1) is 22.7 Å². The van der Waals surface area contributed by atoms with E-state index >= 15 is 0 Å². The molecular weight excluding hydrogens is 450 g/mol. The summed E-state index contributed by atoms with van der Waals surface area (Å²) in [4.78, 5) is 29.2.